The second-order valence-electron chi connectivity index (χ2n) is 6.60. The molecule has 0 aliphatic carbocycles. The molecule has 2 aromatic carbocycles. The van der Waals surface area contributed by atoms with Gasteiger partial charge in [0, 0.05) is 5.02 Å². The molecule has 1 amide bonds. The molecule has 0 aliphatic heterocycles. The smallest absolute Gasteiger partial charge is 0.238 e. The number of benzene rings is 2. The molecule has 0 spiro atoms. The number of para-hydroxylation sites is 2. The first-order valence-corrected chi connectivity index (χ1v) is 9.38. The van der Waals surface area contributed by atoms with E-state index in [0.29, 0.717) is 22.0 Å². The van der Waals surface area contributed by atoms with E-state index in [1.54, 1.807) is 30.1 Å². The minimum atomic E-state index is -0.326. The first kappa shape index (κ1) is 21.2. The predicted octanol–water partition coefficient (Wildman–Crippen LogP) is 3.59. The number of fused-ring (bicyclic) bond motifs is 1. The number of aliphatic hydroxyl groups excluding tert-OH is 1. The number of allylic oxidation sites excluding steroid dienone is 1. The number of imidazole rings is 1. The maximum atomic E-state index is 12.4. The number of halogens is 1. The number of likely N-dealkylation sites (N-methyl/N-ethyl adjacent to an activating group) is 1. The van der Waals surface area contributed by atoms with Crippen LogP contribution in [0.3, 0.4) is 0 Å². The molecule has 0 saturated heterocycles. The molecule has 0 fully saturated rings. The number of hydrogen-bond donors (Lipinski definition) is 3. The lowest BCUT2D eigenvalue weighted by molar-refractivity contribution is -0.117. The van der Waals surface area contributed by atoms with Crippen molar-refractivity contribution in [3.63, 3.8) is 0 Å². The van der Waals surface area contributed by atoms with Gasteiger partial charge in [0.1, 0.15) is 23.2 Å². The van der Waals surface area contributed by atoms with E-state index in [1.165, 1.54) is 7.11 Å². The number of aliphatic hydroxyl groups is 1. The van der Waals surface area contributed by atoms with Gasteiger partial charge >= 0.3 is 0 Å². The zero-order chi connectivity index (χ0) is 21.7. The maximum Gasteiger partial charge on any atom is 0.238 e. The summed E-state index contributed by atoms with van der Waals surface area (Å²) in [5, 5.41) is 23.2. The van der Waals surface area contributed by atoms with Crippen molar-refractivity contribution in [2.24, 2.45) is 0 Å². The molecular formula is C21H20ClN5O3. The Balaban J connectivity index is 1.69. The molecule has 0 saturated carbocycles. The molecular weight excluding hydrogens is 406 g/mol. The first-order chi connectivity index (χ1) is 14.4. The van der Waals surface area contributed by atoms with Crippen molar-refractivity contribution >= 4 is 39.8 Å². The lowest BCUT2D eigenvalue weighted by atomic mass is 10.2. The van der Waals surface area contributed by atoms with Gasteiger partial charge in [-0.05, 0) is 37.4 Å². The van der Waals surface area contributed by atoms with Gasteiger partial charge in [0.2, 0.25) is 5.91 Å². The molecule has 0 atom stereocenters. The highest BCUT2D eigenvalue weighted by Crippen LogP contribution is 2.27. The quantitative estimate of drug-likeness (QED) is 0.393. The maximum absolute atomic E-state index is 12.4. The molecule has 0 unspecified atom stereocenters. The number of carbonyl (C=O) groups excluding carboxylic acids is 1. The Morgan fingerprint density at radius 1 is 1.33 bits per heavy atom. The fraction of sp³-hybridized carbons (Fsp3) is 0.190. The average Bonchev–Trinajstić information content (AvgIpc) is 3.12. The van der Waals surface area contributed by atoms with Gasteiger partial charge in [-0.25, -0.2) is 4.98 Å². The minimum Gasteiger partial charge on any atom is -0.509 e. The van der Waals surface area contributed by atoms with Gasteiger partial charge in [0.05, 0.1) is 36.9 Å². The second kappa shape index (κ2) is 9.31. The molecule has 3 rings (SSSR count). The van der Waals surface area contributed by atoms with Crippen molar-refractivity contribution in [2.75, 3.05) is 32.6 Å². The van der Waals surface area contributed by atoms with E-state index < -0.39 is 0 Å². The lowest BCUT2D eigenvalue weighted by Crippen LogP contribution is -2.32. The fourth-order valence-electron chi connectivity index (χ4n) is 2.93. The number of rotatable bonds is 7. The summed E-state index contributed by atoms with van der Waals surface area (Å²) >= 11 is 5.97. The monoisotopic (exact) mass is 425 g/mol. The van der Waals surface area contributed by atoms with Crippen LogP contribution in [0, 0.1) is 11.3 Å². The first-order valence-electron chi connectivity index (χ1n) is 9.00. The standard InChI is InChI=1S/C21H20ClN5O3/c1-27(12-20(29)24-17-9-13(22)7-8-19(17)30-2)11-18(28)14(10-23)21-25-15-5-3-4-6-16(15)26-21/h3-9,28H,11-12H2,1-2H3,(H,24,29)(H,25,26). The minimum absolute atomic E-state index is 0.0138. The van der Waals surface area contributed by atoms with Gasteiger partial charge < -0.3 is 20.1 Å². The van der Waals surface area contributed by atoms with E-state index >= 15 is 0 Å². The third-order valence-corrected chi connectivity index (χ3v) is 4.53. The van der Waals surface area contributed by atoms with Crippen LogP contribution in [0.15, 0.2) is 48.2 Å². The number of H-pyrrole nitrogens is 1. The third kappa shape index (κ3) is 4.89. The summed E-state index contributed by atoms with van der Waals surface area (Å²) in [7, 11) is 3.15. The van der Waals surface area contributed by atoms with Crippen LogP contribution in [0.25, 0.3) is 16.6 Å². The number of nitrogens with zero attached hydrogens (tertiary/aromatic N) is 3. The summed E-state index contributed by atoms with van der Waals surface area (Å²) in [5.41, 5.74) is 1.92. The molecule has 154 valence electrons. The highest BCUT2D eigenvalue weighted by Gasteiger charge is 2.16. The lowest BCUT2D eigenvalue weighted by Gasteiger charge is -2.17. The molecule has 1 heterocycles. The van der Waals surface area contributed by atoms with E-state index in [-0.39, 0.29) is 36.2 Å². The van der Waals surface area contributed by atoms with E-state index in [1.807, 2.05) is 30.3 Å². The van der Waals surface area contributed by atoms with Crippen LogP contribution in [0.2, 0.25) is 5.02 Å². The topological polar surface area (TPSA) is 114 Å². The summed E-state index contributed by atoms with van der Waals surface area (Å²) in [6.45, 7) is -0.0430. The SMILES string of the molecule is COc1ccc(Cl)cc1NC(=O)CN(C)CC(O)=C(C#N)c1nc2ccccc2[nH]1. The molecule has 30 heavy (non-hydrogen) atoms. The number of carbonyl (C=O) groups is 1. The number of anilines is 1. The molecule has 9 heteroatoms. The van der Waals surface area contributed by atoms with Crippen LogP contribution in [-0.2, 0) is 4.79 Å². The molecule has 3 aromatic rings. The van der Waals surface area contributed by atoms with Gasteiger partial charge in [-0.15, -0.1) is 0 Å². The number of nitriles is 1. The number of nitrogens with one attached hydrogen (secondary N) is 2. The molecule has 3 N–H and O–H groups in total. The van der Waals surface area contributed by atoms with Gasteiger partial charge in [-0.2, -0.15) is 5.26 Å². The number of ether oxygens (including phenoxy) is 1. The predicted molar refractivity (Wildman–Crippen MR) is 115 cm³/mol. The van der Waals surface area contributed by atoms with E-state index in [0.717, 1.165) is 5.52 Å². The van der Waals surface area contributed by atoms with Crippen molar-refractivity contribution < 1.29 is 14.6 Å². The average molecular weight is 426 g/mol. The Morgan fingerprint density at radius 3 is 2.80 bits per heavy atom. The number of amides is 1. The summed E-state index contributed by atoms with van der Waals surface area (Å²) in [6.07, 6.45) is 0. The molecule has 0 aliphatic rings. The largest absolute Gasteiger partial charge is 0.509 e. The molecule has 0 radical (unpaired) electrons. The Bertz CT molecular complexity index is 1120. The fourth-order valence-corrected chi connectivity index (χ4v) is 3.10. The second-order valence-corrected chi connectivity index (χ2v) is 7.04. The van der Waals surface area contributed by atoms with Crippen molar-refractivity contribution in [3.8, 4) is 11.8 Å². The number of aromatic amines is 1. The van der Waals surface area contributed by atoms with Gasteiger partial charge in [-0.1, -0.05) is 23.7 Å². The van der Waals surface area contributed by atoms with Crippen molar-refractivity contribution in [2.45, 2.75) is 0 Å². The van der Waals surface area contributed by atoms with Crippen LogP contribution in [-0.4, -0.2) is 53.1 Å². The zero-order valence-corrected chi connectivity index (χ0v) is 17.2. The van der Waals surface area contributed by atoms with Crippen LogP contribution in [0.5, 0.6) is 5.75 Å². The molecule has 0 bridgehead atoms. The Labute approximate surface area is 178 Å². The molecule has 8 nitrogen and oxygen atoms in total. The van der Waals surface area contributed by atoms with Gasteiger partial charge in [0.25, 0.3) is 0 Å². The summed E-state index contributed by atoms with van der Waals surface area (Å²) in [4.78, 5) is 21.3. The van der Waals surface area contributed by atoms with Crippen molar-refractivity contribution in [3.05, 3.63) is 59.1 Å². The van der Waals surface area contributed by atoms with Gasteiger partial charge in [-0.3, -0.25) is 9.69 Å². The number of hydrogen-bond acceptors (Lipinski definition) is 6. The third-order valence-electron chi connectivity index (χ3n) is 4.30. The Hall–Kier alpha value is -3.54. The normalized spacial score (nSPS) is 11.8. The zero-order valence-electron chi connectivity index (χ0n) is 16.4. The summed E-state index contributed by atoms with van der Waals surface area (Å²) < 4.78 is 5.21. The Kier molecular flexibility index (Phi) is 6.57. The van der Waals surface area contributed by atoms with Crippen molar-refractivity contribution in [1.29, 1.82) is 5.26 Å². The van der Waals surface area contributed by atoms with E-state index in [2.05, 4.69) is 15.3 Å². The van der Waals surface area contributed by atoms with Crippen LogP contribution in [0.4, 0.5) is 5.69 Å². The van der Waals surface area contributed by atoms with Crippen LogP contribution in [0.1, 0.15) is 5.82 Å². The van der Waals surface area contributed by atoms with Crippen LogP contribution < -0.4 is 10.1 Å². The van der Waals surface area contributed by atoms with Gasteiger partial charge in [0.15, 0.2) is 5.82 Å². The highest BCUT2D eigenvalue weighted by molar-refractivity contribution is 6.31. The Morgan fingerprint density at radius 2 is 2.10 bits per heavy atom. The van der Waals surface area contributed by atoms with Crippen molar-refractivity contribution in [1.82, 2.24) is 14.9 Å². The van der Waals surface area contributed by atoms with E-state index in [9.17, 15) is 15.2 Å². The summed E-state index contributed by atoms with van der Waals surface area (Å²) in [5.74, 6) is 0.243. The summed E-state index contributed by atoms with van der Waals surface area (Å²) in [6, 6.07) is 14.2. The van der Waals surface area contributed by atoms with Crippen LogP contribution >= 0.6 is 11.6 Å². The number of aromatic nitrogens is 2. The highest BCUT2D eigenvalue weighted by atomic mass is 35.5. The number of methoxy groups -OCH3 is 1. The van der Waals surface area contributed by atoms with E-state index in [4.69, 9.17) is 16.3 Å². The molecule has 1 aromatic heterocycles.